The van der Waals surface area contributed by atoms with Crippen molar-refractivity contribution in [2.75, 3.05) is 27.8 Å². The van der Waals surface area contributed by atoms with Crippen molar-refractivity contribution in [1.82, 2.24) is 15.1 Å². The Morgan fingerprint density at radius 1 is 1.33 bits per heavy atom. The van der Waals surface area contributed by atoms with Crippen LogP contribution in [-0.2, 0) is 0 Å². The predicted octanol–water partition coefficient (Wildman–Crippen LogP) is 0.786. The first-order valence-corrected chi connectivity index (χ1v) is 4.13. The van der Waals surface area contributed by atoms with E-state index in [2.05, 4.69) is 42.2 Å². The van der Waals surface area contributed by atoms with Crippen molar-refractivity contribution in [2.45, 2.75) is 6.92 Å². The molecule has 3 nitrogen and oxygen atoms in total. The van der Waals surface area contributed by atoms with E-state index in [1.165, 1.54) is 11.4 Å². The molecule has 3 heteroatoms. The molecule has 1 rings (SSSR count). The normalized spacial score (nSPS) is 18.3. The second kappa shape index (κ2) is 3.52. The van der Waals surface area contributed by atoms with E-state index in [1.807, 2.05) is 13.2 Å². The molecule has 0 aromatic heterocycles. The Morgan fingerprint density at radius 2 is 2.00 bits per heavy atom. The van der Waals surface area contributed by atoms with E-state index in [4.69, 9.17) is 0 Å². The van der Waals surface area contributed by atoms with Crippen molar-refractivity contribution in [2.24, 2.45) is 0 Å². The summed E-state index contributed by atoms with van der Waals surface area (Å²) in [4.78, 5) is 4.46. The number of allylic oxidation sites excluding steroid dienone is 2. The maximum atomic E-state index is 2.99. The van der Waals surface area contributed by atoms with Crippen molar-refractivity contribution in [3.8, 4) is 0 Å². The first kappa shape index (κ1) is 8.97. The Hall–Kier alpha value is -1.12. The van der Waals surface area contributed by atoms with Gasteiger partial charge in [-0.2, -0.15) is 0 Å². The van der Waals surface area contributed by atoms with E-state index in [0.29, 0.717) is 0 Å². The summed E-state index contributed by atoms with van der Waals surface area (Å²) in [6, 6.07) is 0. The summed E-state index contributed by atoms with van der Waals surface area (Å²) < 4.78 is 0. The van der Waals surface area contributed by atoms with Gasteiger partial charge in [-0.05, 0) is 19.2 Å². The van der Waals surface area contributed by atoms with Crippen molar-refractivity contribution in [3.05, 3.63) is 23.7 Å². The van der Waals surface area contributed by atoms with Crippen LogP contribution in [0.15, 0.2) is 23.7 Å². The monoisotopic (exact) mass is 167 g/mol. The molecule has 0 aliphatic carbocycles. The van der Waals surface area contributed by atoms with Gasteiger partial charge in [0.15, 0.2) is 0 Å². The van der Waals surface area contributed by atoms with Gasteiger partial charge in [0.05, 0.1) is 12.4 Å². The average Bonchev–Trinajstić information content (AvgIpc) is 2.25. The van der Waals surface area contributed by atoms with Crippen LogP contribution < -0.4 is 5.32 Å². The molecule has 1 aliphatic heterocycles. The summed E-state index contributed by atoms with van der Waals surface area (Å²) in [5.74, 6) is 0. The Kier molecular flexibility index (Phi) is 2.63. The van der Waals surface area contributed by atoms with Gasteiger partial charge in [0.2, 0.25) is 0 Å². The molecule has 0 saturated heterocycles. The predicted molar refractivity (Wildman–Crippen MR) is 51.3 cm³/mol. The third-order valence-electron chi connectivity index (χ3n) is 2.19. The second-order valence-electron chi connectivity index (χ2n) is 3.13. The van der Waals surface area contributed by atoms with Gasteiger partial charge in [-0.3, -0.25) is 0 Å². The zero-order valence-corrected chi connectivity index (χ0v) is 8.26. The van der Waals surface area contributed by atoms with Gasteiger partial charge >= 0.3 is 0 Å². The molecular weight excluding hydrogens is 150 g/mol. The molecule has 0 saturated carbocycles. The molecule has 0 unspecified atom stereocenters. The minimum atomic E-state index is 0.981. The molecule has 1 heterocycles. The first-order chi connectivity index (χ1) is 5.66. The molecule has 0 aromatic carbocycles. The minimum absolute atomic E-state index is 0.981. The third kappa shape index (κ3) is 1.55. The van der Waals surface area contributed by atoms with Gasteiger partial charge < -0.3 is 15.1 Å². The summed E-state index contributed by atoms with van der Waals surface area (Å²) in [7, 11) is 6.11. The van der Waals surface area contributed by atoms with Crippen LogP contribution in [-0.4, -0.2) is 37.6 Å². The van der Waals surface area contributed by atoms with E-state index in [1.54, 1.807) is 0 Å². The third-order valence-corrected chi connectivity index (χ3v) is 2.19. The number of likely N-dealkylation sites (N-methyl/N-ethyl adjacent to an activating group) is 1. The number of hydrogen-bond donors (Lipinski definition) is 1. The summed E-state index contributed by atoms with van der Waals surface area (Å²) in [6.07, 6.45) is 4.05. The van der Waals surface area contributed by atoms with Crippen LogP contribution in [0, 0.1) is 0 Å². The van der Waals surface area contributed by atoms with Gasteiger partial charge in [0.25, 0.3) is 0 Å². The Bertz CT molecular complexity index is 218. The Morgan fingerprint density at radius 3 is 2.42 bits per heavy atom. The van der Waals surface area contributed by atoms with Gasteiger partial charge in [-0.1, -0.05) is 0 Å². The lowest BCUT2D eigenvalue weighted by Crippen LogP contribution is -2.20. The molecule has 1 aliphatic rings. The molecule has 0 fully saturated rings. The Labute approximate surface area is 74.3 Å². The number of nitrogens with zero attached hydrogens (tertiary/aromatic N) is 2. The highest BCUT2D eigenvalue weighted by Gasteiger charge is 2.17. The maximum absolute atomic E-state index is 2.99. The van der Waals surface area contributed by atoms with Crippen molar-refractivity contribution in [1.29, 1.82) is 0 Å². The van der Waals surface area contributed by atoms with E-state index >= 15 is 0 Å². The molecule has 0 aromatic rings. The summed E-state index contributed by atoms with van der Waals surface area (Å²) >= 11 is 0. The fraction of sp³-hybridized carbons (Fsp3) is 0.556. The highest BCUT2D eigenvalue weighted by molar-refractivity contribution is 5.25. The second-order valence-corrected chi connectivity index (χ2v) is 3.13. The van der Waals surface area contributed by atoms with Crippen LogP contribution in [0.3, 0.4) is 0 Å². The van der Waals surface area contributed by atoms with E-state index in [-0.39, 0.29) is 0 Å². The molecule has 0 spiro atoms. The lowest BCUT2D eigenvalue weighted by molar-refractivity contribution is 0.321. The van der Waals surface area contributed by atoms with E-state index < -0.39 is 0 Å². The number of hydrogen-bond acceptors (Lipinski definition) is 3. The van der Waals surface area contributed by atoms with Crippen molar-refractivity contribution in [3.63, 3.8) is 0 Å². The fourth-order valence-corrected chi connectivity index (χ4v) is 1.38. The van der Waals surface area contributed by atoms with Crippen molar-refractivity contribution < 1.29 is 0 Å². The van der Waals surface area contributed by atoms with Crippen LogP contribution >= 0.6 is 0 Å². The van der Waals surface area contributed by atoms with Crippen molar-refractivity contribution >= 4 is 0 Å². The standard InChI is InChI=1S/C9H17N3/c1-8-9(5-6-10-2)12(4)7-11(8)3/h5-6,10H,7H2,1-4H3/b6-5+. The van der Waals surface area contributed by atoms with Crippen LogP contribution in [0.2, 0.25) is 0 Å². The van der Waals surface area contributed by atoms with Gasteiger partial charge in [0.1, 0.15) is 0 Å². The smallest absolute Gasteiger partial charge is 0.0895 e. The first-order valence-electron chi connectivity index (χ1n) is 4.13. The van der Waals surface area contributed by atoms with Crippen LogP contribution in [0.1, 0.15) is 6.92 Å². The molecule has 12 heavy (non-hydrogen) atoms. The topological polar surface area (TPSA) is 18.5 Å². The maximum Gasteiger partial charge on any atom is 0.0895 e. The summed E-state index contributed by atoms with van der Waals surface area (Å²) in [6.45, 7) is 3.12. The molecule has 0 amide bonds. The summed E-state index contributed by atoms with van der Waals surface area (Å²) in [5, 5.41) is 2.99. The molecule has 0 bridgehead atoms. The van der Waals surface area contributed by atoms with Gasteiger partial charge in [-0.25, -0.2) is 0 Å². The van der Waals surface area contributed by atoms with Crippen LogP contribution in [0.5, 0.6) is 0 Å². The minimum Gasteiger partial charge on any atom is -0.394 e. The summed E-state index contributed by atoms with van der Waals surface area (Å²) in [5.41, 5.74) is 2.61. The lowest BCUT2D eigenvalue weighted by atomic mass is 10.3. The van der Waals surface area contributed by atoms with Gasteiger partial charge in [0, 0.05) is 26.8 Å². The zero-order chi connectivity index (χ0) is 9.14. The van der Waals surface area contributed by atoms with Crippen LogP contribution in [0.25, 0.3) is 0 Å². The largest absolute Gasteiger partial charge is 0.394 e. The molecule has 0 radical (unpaired) electrons. The number of rotatable bonds is 2. The van der Waals surface area contributed by atoms with E-state index in [0.717, 1.165) is 6.67 Å². The fourth-order valence-electron chi connectivity index (χ4n) is 1.38. The SMILES string of the molecule is CN/C=C/C1=C(C)N(C)CN1C. The highest BCUT2D eigenvalue weighted by atomic mass is 15.3. The van der Waals surface area contributed by atoms with Crippen LogP contribution in [0.4, 0.5) is 0 Å². The lowest BCUT2D eigenvalue weighted by Gasteiger charge is -2.14. The Balaban J connectivity index is 2.78. The molecule has 1 N–H and O–H groups in total. The average molecular weight is 167 g/mol. The quantitative estimate of drug-likeness (QED) is 0.656. The molecule has 0 atom stereocenters. The molecule has 68 valence electrons. The molecular formula is C9H17N3. The van der Waals surface area contributed by atoms with Gasteiger partial charge in [-0.15, -0.1) is 0 Å². The highest BCUT2D eigenvalue weighted by Crippen LogP contribution is 2.20. The van der Waals surface area contributed by atoms with E-state index in [9.17, 15) is 0 Å². The zero-order valence-electron chi connectivity index (χ0n) is 8.26. The number of nitrogens with one attached hydrogen (secondary N) is 1.